The molecule has 6 heteroatoms. The Balaban J connectivity index is 0.000000247. The van der Waals surface area contributed by atoms with Crippen LogP contribution in [0.5, 0.6) is 5.88 Å². The fourth-order valence-electron chi connectivity index (χ4n) is 1.59. The molecule has 1 aromatic carbocycles. The lowest BCUT2D eigenvalue weighted by Gasteiger charge is -1.98. The minimum atomic E-state index is 0.542. The van der Waals surface area contributed by atoms with Crippen LogP contribution in [-0.4, -0.2) is 26.6 Å². The Morgan fingerprint density at radius 2 is 1.70 bits per heavy atom. The van der Waals surface area contributed by atoms with Crippen molar-refractivity contribution in [3.63, 3.8) is 0 Å². The topological polar surface area (TPSA) is 78.8 Å². The number of hydrogen-bond donors (Lipinski definition) is 1. The molecule has 3 rings (SSSR count). The van der Waals surface area contributed by atoms with E-state index >= 15 is 0 Å². The number of benzene rings is 1. The molecular formula is C17H23N5O. The van der Waals surface area contributed by atoms with Gasteiger partial charge in [-0.15, -0.1) is 0 Å². The zero-order valence-corrected chi connectivity index (χ0v) is 14.0. The second-order valence-corrected chi connectivity index (χ2v) is 4.28. The van der Waals surface area contributed by atoms with Gasteiger partial charge in [0.15, 0.2) is 0 Å². The molecule has 0 fully saturated rings. The third-order valence-electron chi connectivity index (χ3n) is 2.62. The van der Waals surface area contributed by atoms with Crippen molar-refractivity contribution in [2.24, 2.45) is 7.05 Å². The lowest BCUT2D eigenvalue weighted by atomic mass is 10.3. The Morgan fingerprint density at radius 3 is 2.17 bits per heavy atom. The number of rotatable bonds is 2. The monoisotopic (exact) mass is 313 g/mol. The van der Waals surface area contributed by atoms with E-state index in [4.69, 9.17) is 10.5 Å². The summed E-state index contributed by atoms with van der Waals surface area (Å²) >= 11 is 0. The smallest absolute Gasteiger partial charge is 0.216 e. The van der Waals surface area contributed by atoms with Gasteiger partial charge < -0.3 is 15.0 Å². The van der Waals surface area contributed by atoms with Crippen molar-refractivity contribution >= 4 is 5.69 Å². The van der Waals surface area contributed by atoms with Gasteiger partial charge in [0.05, 0.1) is 19.1 Å². The summed E-state index contributed by atoms with van der Waals surface area (Å²) < 4.78 is 6.86. The average Bonchev–Trinajstić information content (AvgIpc) is 3.04. The van der Waals surface area contributed by atoms with Gasteiger partial charge in [-0.05, 0) is 12.1 Å². The van der Waals surface area contributed by atoms with Crippen LogP contribution in [0, 0.1) is 0 Å². The molecule has 122 valence electrons. The van der Waals surface area contributed by atoms with Crippen molar-refractivity contribution in [1.29, 1.82) is 0 Å². The summed E-state index contributed by atoms with van der Waals surface area (Å²) in [6, 6.07) is 11.2. The van der Waals surface area contributed by atoms with Crippen molar-refractivity contribution in [3.05, 3.63) is 55.2 Å². The van der Waals surface area contributed by atoms with Crippen LogP contribution in [0.25, 0.3) is 11.4 Å². The van der Waals surface area contributed by atoms with Crippen molar-refractivity contribution in [2.75, 3.05) is 12.8 Å². The van der Waals surface area contributed by atoms with Gasteiger partial charge in [0.25, 0.3) is 0 Å². The highest BCUT2D eigenvalue weighted by Gasteiger charge is 2.03. The largest absolute Gasteiger partial charge is 0.481 e. The van der Waals surface area contributed by atoms with Crippen LogP contribution >= 0.6 is 0 Å². The zero-order chi connectivity index (χ0) is 17.1. The molecule has 0 aliphatic rings. The van der Waals surface area contributed by atoms with E-state index in [0.29, 0.717) is 5.88 Å². The molecule has 0 aliphatic carbocycles. The van der Waals surface area contributed by atoms with Gasteiger partial charge in [0, 0.05) is 25.0 Å². The van der Waals surface area contributed by atoms with Gasteiger partial charge in [-0.2, -0.15) is 0 Å². The second-order valence-electron chi connectivity index (χ2n) is 4.28. The summed E-state index contributed by atoms with van der Waals surface area (Å²) in [6.07, 6.45) is 5.08. The fourth-order valence-corrected chi connectivity index (χ4v) is 1.59. The molecule has 0 atom stereocenters. The minimum absolute atomic E-state index is 0.542. The van der Waals surface area contributed by atoms with Crippen LogP contribution < -0.4 is 10.5 Å². The lowest BCUT2D eigenvalue weighted by Crippen LogP contribution is -1.90. The fraction of sp³-hybridized carbons (Fsp3) is 0.235. The molecule has 6 nitrogen and oxygen atoms in total. The number of para-hydroxylation sites is 1. The number of nitrogens with two attached hydrogens (primary N) is 1. The quantitative estimate of drug-likeness (QED) is 0.735. The van der Waals surface area contributed by atoms with Crippen molar-refractivity contribution < 1.29 is 4.74 Å². The van der Waals surface area contributed by atoms with Crippen LogP contribution in [0.15, 0.2) is 55.2 Å². The normalized spacial score (nSPS) is 9.04. The molecule has 0 aliphatic heterocycles. The number of methoxy groups -OCH3 is 1. The van der Waals surface area contributed by atoms with Gasteiger partial charge in [0.1, 0.15) is 12.0 Å². The van der Waals surface area contributed by atoms with E-state index in [0.717, 1.165) is 17.1 Å². The highest BCUT2D eigenvalue weighted by atomic mass is 16.5. The molecule has 0 bridgehead atoms. The molecule has 2 aromatic heterocycles. The molecule has 0 unspecified atom stereocenters. The van der Waals surface area contributed by atoms with E-state index in [1.165, 1.54) is 6.33 Å². The number of ether oxygens (including phenoxy) is 1. The van der Waals surface area contributed by atoms with Crippen LogP contribution in [-0.2, 0) is 7.05 Å². The average molecular weight is 313 g/mol. The minimum Gasteiger partial charge on any atom is -0.481 e. The molecule has 0 amide bonds. The summed E-state index contributed by atoms with van der Waals surface area (Å²) in [5, 5.41) is 0. The maximum atomic E-state index is 5.36. The molecule has 2 N–H and O–H groups in total. The van der Waals surface area contributed by atoms with Gasteiger partial charge >= 0.3 is 0 Å². The number of hydrogen-bond acceptors (Lipinski definition) is 5. The van der Waals surface area contributed by atoms with Crippen LogP contribution in [0.2, 0.25) is 0 Å². The van der Waals surface area contributed by atoms with E-state index < -0.39 is 0 Å². The standard InChI is InChI=1S/C9H10N4O.C6H7N.C2H6/c1-13-4-8(12-6-13)7-3-9(14-2)11-5-10-7;7-6-4-2-1-3-5-6;1-2/h3-6H,1-2H3;1-5H,7H2;1-2H3. The van der Waals surface area contributed by atoms with Crippen molar-refractivity contribution in [3.8, 4) is 17.3 Å². The van der Waals surface area contributed by atoms with Gasteiger partial charge in [-0.25, -0.2) is 15.0 Å². The Kier molecular flexibility index (Phi) is 7.85. The summed E-state index contributed by atoms with van der Waals surface area (Å²) in [5.74, 6) is 0.542. The molecule has 3 aromatic rings. The molecule has 0 spiro atoms. The first-order chi connectivity index (χ1) is 11.2. The van der Waals surface area contributed by atoms with E-state index in [1.807, 2.05) is 62.0 Å². The van der Waals surface area contributed by atoms with Crippen LogP contribution in [0.1, 0.15) is 13.8 Å². The predicted molar refractivity (Wildman–Crippen MR) is 93.0 cm³/mol. The number of nitrogens with zero attached hydrogens (tertiary/aromatic N) is 4. The zero-order valence-electron chi connectivity index (χ0n) is 14.0. The van der Waals surface area contributed by atoms with Gasteiger partial charge in [0.2, 0.25) is 5.88 Å². The van der Waals surface area contributed by atoms with Crippen molar-refractivity contribution in [2.45, 2.75) is 13.8 Å². The molecule has 23 heavy (non-hydrogen) atoms. The predicted octanol–water partition coefficient (Wildman–Crippen LogP) is 3.18. The summed E-state index contributed by atoms with van der Waals surface area (Å²) in [4.78, 5) is 12.2. The number of aromatic nitrogens is 4. The first kappa shape index (κ1) is 18.2. The number of imidazole rings is 1. The maximum absolute atomic E-state index is 5.36. The molecule has 0 radical (unpaired) electrons. The second kappa shape index (κ2) is 9.94. The SMILES string of the molecule is CC.COc1cc(-c2cn(C)cn2)ncn1.Nc1ccccc1. The summed E-state index contributed by atoms with van der Waals surface area (Å²) in [5.41, 5.74) is 7.75. The summed E-state index contributed by atoms with van der Waals surface area (Å²) in [6.45, 7) is 4.00. The van der Waals surface area contributed by atoms with Crippen LogP contribution in [0.4, 0.5) is 5.69 Å². The van der Waals surface area contributed by atoms with Crippen LogP contribution in [0.3, 0.4) is 0 Å². The number of anilines is 1. The first-order valence-corrected chi connectivity index (χ1v) is 7.34. The Hall–Kier alpha value is -2.89. The van der Waals surface area contributed by atoms with E-state index in [-0.39, 0.29) is 0 Å². The third kappa shape index (κ3) is 6.17. The molecule has 0 saturated heterocycles. The summed E-state index contributed by atoms with van der Waals surface area (Å²) in [7, 11) is 3.49. The lowest BCUT2D eigenvalue weighted by molar-refractivity contribution is 0.397. The van der Waals surface area contributed by atoms with Crippen molar-refractivity contribution in [1.82, 2.24) is 19.5 Å². The van der Waals surface area contributed by atoms with Gasteiger partial charge in [-0.3, -0.25) is 0 Å². The number of aryl methyl sites for hydroxylation is 1. The highest BCUT2D eigenvalue weighted by Crippen LogP contribution is 2.16. The molecule has 0 saturated carbocycles. The van der Waals surface area contributed by atoms with E-state index in [9.17, 15) is 0 Å². The maximum Gasteiger partial charge on any atom is 0.216 e. The molecule has 2 heterocycles. The Bertz CT molecular complexity index is 682. The molecular weight excluding hydrogens is 290 g/mol. The highest BCUT2D eigenvalue weighted by molar-refractivity contribution is 5.53. The van der Waals surface area contributed by atoms with E-state index in [2.05, 4.69) is 15.0 Å². The Labute approximate surface area is 137 Å². The van der Waals surface area contributed by atoms with E-state index in [1.54, 1.807) is 19.5 Å². The third-order valence-corrected chi connectivity index (χ3v) is 2.62. The first-order valence-electron chi connectivity index (χ1n) is 7.34. The Morgan fingerprint density at radius 1 is 1.00 bits per heavy atom. The number of nitrogen functional groups attached to an aromatic ring is 1. The van der Waals surface area contributed by atoms with Gasteiger partial charge in [-0.1, -0.05) is 32.0 Å².